The second-order valence-electron chi connectivity index (χ2n) is 16.4. The number of nitriles is 1. The Bertz CT molecular complexity index is 1730. The standard InChI is InChI=1S/C42H53ClN4O4/c1-9-35-33(36(48)16-17-37-41(5,6)38(42(37,7)8)50-32-14-11-29(27-44)34(43)26-32)15-13-30(45-35)12-10-28-18-22-46(23-19-28)31-20-24-47(25-21-31)39(49)51-40(2,3)4/h11,13-17,26,28,31,37-38H,9,18-25H2,1-8H3/b17-16+. The van der Waals surface area contributed by atoms with Crippen molar-refractivity contribution in [1.29, 1.82) is 5.26 Å². The molecule has 1 aliphatic carbocycles. The van der Waals surface area contributed by atoms with Crippen molar-refractivity contribution >= 4 is 23.5 Å². The Labute approximate surface area is 309 Å². The van der Waals surface area contributed by atoms with Gasteiger partial charge in [0.15, 0.2) is 5.78 Å². The Morgan fingerprint density at radius 2 is 1.69 bits per heavy atom. The third-order valence-corrected chi connectivity index (χ3v) is 11.2. The summed E-state index contributed by atoms with van der Waals surface area (Å²) in [5.74, 6) is 7.76. The molecule has 1 aromatic heterocycles. The maximum atomic E-state index is 13.5. The lowest BCUT2D eigenvalue weighted by atomic mass is 9.45. The zero-order chi connectivity index (χ0) is 37.1. The third-order valence-electron chi connectivity index (χ3n) is 10.9. The number of ketones is 1. The number of hydrogen-bond acceptors (Lipinski definition) is 7. The number of carbonyl (C=O) groups is 2. The summed E-state index contributed by atoms with van der Waals surface area (Å²) in [5, 5.41) is 9.57. The number of aromatic nitrogens is 1. The van der Waals surface area contributed by atoms with E-state index in [0.717, 1.165) is 57.6 Å². The Kier molecular flexibility index (Phi) is 11.6. The van der Waals surface area contributed by atoms with Crippen LogP contribution in [-0.4, -0.2) is 70.6 Å². The van der Waals surface area contributed by atoms with Crippen LogP contribution < -0.4 is 4.74 Å². The van der Waals surface area contributed by atoms with Crippen molar-refractivity contribution in [3.8, 4) is 23.7 Å². The second kappa shape index (κ2) is 15.4. The molecule has 51 heavy (non-hydrogen) atoms. The molecule has 2 saturated heterocycles. The molecule has 5 rings (SSSR count). The van der Waals surface area contributed by atoms with Crippen molar-refractivity contribution < 1.29 is 19.1 Å². The van der Waals surface area contributed by atoms with Crippen LogP contribution in [0.2, 0.25) is 5.02 Å². The smallest absolute Gasteiger partial charge is 0.410 e. The van der Waals surface area contributed by atoms with Gasteiger partial charge in [-0.15, -0.1) is 0 Å². The fourth-order valence-electron chi connectivity index (χ4n) is 8.41. The van der Waals surface area contributed by atoms with Gasteiger partial charge in [0, 0.05) is 47.5 Å². The van der Waals surface area contributed by atoms with E-state index in [-0.39, 0.29) is 34.7 Å². The van der Waals surface area contributed by atoms with Crippen LogP contribution in [0.5, 0.6) is 5.75 Å². The largest absolute Gasteiger partial charge is 0.489 e. The van der Waals surface area contributed by atoms with E-state index < -0.39 is 5.60 Å². The molecule has 9 heteroatoms. The first kappa shape index (κ1) is 38.4. The van der Waals surface area contributed by atoms with Gasteiger partial charge in [0.05, 0.1) is 16.3 Å². The zero-order valence-electron chi connectivity index (χ0n) is 31.5. The van der Waals surface area contributed by atoms with Crippen molar-refractivity contribution in [2.24, 2.45) is 22.7 Å². The van der Waals surface area contributed by atoms with Crippen LogP contribution in [0.3, 0.4) is 0 Å². The number of likely N-dealkylation sites (tertiary alicyclic amines) is 2. The average molecular weight is 713 g/mol. The number of piperidine rings is 2. The molecule has 1 aromatic carbocycles. The lowest BCUT2D eigenvalue weighted by Gasteiger charge is -2.62. The Balaban J connectivity index is 1.14. The van der Waals surface area contributed by atoms with Crippen molar-refractivity contribution in [2.75, 3.05) is 26.2 Å². The summed E-state index contributed by atoms with van der Waals surface area (Å²) in [7, 11) is 0. The minimum atomic E-state index is -0.472. The fourth-order valence-corrected chi connectivity index (χ4v) is 8.62. The molecule has 3 heterocycles. The van der Waals surface area contributed by atoms with Crippen LogP contribution in [0.15, 0.2) is 42.5 Å². The number of aryl methyl sites for hydroxylation is 1. The first-order valence-corrected chi connectivity index (χ1v) is 18.7. The molecule has 1 amide bonds. The van der Waals surface area contributed by atoms with Crippen LogP contribution in [-0.2, 0) is 11.2 Å². The average Bonchev–Trinajstić information content (AvgIpc) is 3.08. The van der Waals surface area contributed by atoms with Crippen molar-refractivity contribution in [3.05, 3.63) is 70.0 Å². The highest BCUT2D eigenvalue weighted by molar-refractivity contribution is 6.31. The van der Waals surface area contributed by atoms with Gasteiger partial charge in [0.1, 0.15) is 29.2 Å². The number of rotatable bonds is 7. The van der Waals surface area contributed by atoms with E-state index >= 15 is 0 Å². The number of nitrogens with zero attached hydrogens (tertiary/aromatic N) is 4. The Morgan fingerprint density at radius 3 is 2.27 bits per heavy atom. The summed E-state index contributed by atoms with van der Waals surface area (Å²) in [6.07, 6.45) is 8.02. The predicted molar refractivity (Wildman–Crippen MR) is 201 cm³/mol. The molecule has 0 spiro atoms. The van der Waals surface area contributed by atoms with Gasteiger partial charge in [0.25, 0.3) is 0 Å². The summed E-state index contributed by atoms with van der Waals surface area (Å²) in [6.45, 7) is 19.8. The number of pyridine rings is 1. The first-order chi connectivity index (χ1) is 24.0. The highest BCUT2D eigenvalue weighted by atomic mass is 35.5. The van der Waals surface area contributed by atoms with Gasteiger partial charge >= 0.3 is 6.09 Å². The summed E-state index contributed by atoms with van der Waals surface area (Å²) in [6, 6.07) is 11.5. The maximum absolute atomic E-state index is 13.5. The minimum Gasteiger partial charge on any atom is -0.489 e. The molecular formula is C42H53ClN4O4. The number of benzene rings is 1. The van der Waals surface area contributed by atoms with E-state index in [1.54, 1.807) is 24.3 Å². The number of amides is 1. The topological polar surface area (TPSA) is 95.8 Å². The number of allylic oxidation sites excluding steroid dienone is 2. The molecule has 0 N–H and O–H groups in total. The van der Waals surface area contributed by atoms with Crippen molar-refractivity contribution in [2.45, 2.75) is 105 Å². The number of ether oxygens (including phenoxy) is 2. The maximum Gasteiger partial charge on any atom is 0.410 e. The molecule has 1 saturated carbocycles. The van der Waals surface area contributed by atoms with E-state index in [2.05, 4.69) is 50.5 Å². The first-order valence-electron chi connectivity index (χ1n) is 18.4. The number of halogens is 1. The summed E-state index contributed by atoms with van der Waals surface area (Å²) < 4.78 is 12.0. The van der Waals surface area contributed by atoms with E-state index in [1.807, 2.05) is 50.8 Å². The van der Waals surface area contributed by atoms with Gasteiger partial charge in [-0.1, -0.05) is 58.2 Å². The van der Waals surface area contributed by atoms with Gasteiger partial charge in [-0.2, -0.15) is 5.26 Å². The number of carbonyl (C=O) groups excluding carboxylic acids is 2. The Hall–Kier alpha value is -3.85. The molecule has 8 nitrogen and oxygen atoms in total. The van der Waals surface area contributed by atoms with E-state index in [1.165, 1.54) is 0 Å². The molecule has 3 aliphatic rings. The van der Waals surface area contributed by atoms with Crippen LogP contribution in [0.4, 0.5) is 4.79 Å². The highest BCUT2D eigenvalue weighted by Gasteiger charge is 2.62. The van der Waals surface area contributed by atoms with E-state index in [4.69, 9.17) is 26.1 Å². The van der Waals surface area contributed by atoms with Crippen LogP contribution in [0.25, 0.3) is 0 Å². The van der Waals surface area contributed by atoms with Crippen LogP contribution >= 0.6 is 11.6 Å². The third kappa shape index (κ3) is 8.79. The van der Waals surface area contributed by atoms with Crippen molar-refractivity contribution in [3.63, 3.8) is 0 Å². The molecular weight excluding hydrogens is 660 g/mol. The van der Waals surface area contributed by atoms with E-state index in [9.17, 15) is 14.9 Å². The lowest BCUT2D eigenvalue weighted by Crippen LogP contribution is -2.65. The second-order valence-corrected chi connectivity index (χ2v) is 16.8. The summed E-state index contributed by atoms with van der Waals surface area (Å²) in [4.78, 5) is 35.1. The van der Waals surface area contributed by atoms with E-state index in [0.29, 0.717) is 46.0 Å². The van der Waals surface area contributed by atoms with Crippen LogP contribution in [0, 0.1) is 45.8 Å². The monoisotopic (exact) mass is 712 g/mol. The minimum absolute atomic E-state index is 0.0574. The summed E-state index contributed by atoms with van der Waals surface area (Å²) >= 11 is 6.25. The SMILES string of the molecule is CCc1nc(C#CC2CCN(C3CCN(C(=O)OC(C)(C)C)CC3)CC2)ccc1C(=O)/C=C/C1C(C)(C)C(Oc2ccc(C#N)c(Cl)c2)C1(C)C. The molecule has 0 radical (unpaired) electrons. The quantitative estimate of drug-likeness (QED) is 0.161. The fraction of sp³-hybridized carbons (Fsp3) is 0.571. The van der Waals surface area contributed by atoms with Gasteiger partial charge in [-0.25, -0.2) is 9.78 Å². The zero-order valence-corrected chi connectivity index (χ0v) is 32.3. The van der Waals surface area contributed by atoms with Crippen molar-refractivity contribution in [1.82, 2.24) is 14.8 Å². The van der Waals surface area contributed by atoms with Gasteiger partial charge in [-0.3, -0.25) is 4.79 Å². The van der Waals surface area contributed by atoms with Crippen LogP contribution in [0.1, 0.15) is 108 Å². The normalized spacial score (nSPS) is 22.4. The lowest BCUT2D eigenvalue weighted by molar-refractivity contribution is -0.177. The van der Waals surface area contributed by atoms with Gasteiger partial charge < -0.3 is 19.3 Å². The molecule has 2 aromatic rings. The Morgan fingerprint density at radius 1 is 1.02 bits per heavy atom. The predicted octanol–water partition coefficient (Wildman–Crippen LogP) is 8.50. The van der Waals surface area contributed by atoms with Gasteiger partial charge in [-0.05, 0) is 108 Å². The van der Waals surface area contributed by atoms with Gasteiger partial charge in [0.2, 0.25) is 0 Å². The molecule has 0 atom stereocenters. The molecule has 272 valence electrons. The summed E-state index contributed by atoms with van der Waals surface area (Å²) in [5.41, 5.74) is 1.55. The number of hydrogen-bond donors (Lipinski definition) is 0. The molecule has 2 aliphatic heterocycles. The molecule has 0 bridgehead atoms. The highest BCUT2D eigenvalue weighted by Crippen LogP contribution is 2.61. The molecule has 0 unspecified atom stereocenters. The molecule has 3 fully saturated rings.